The molecule has 0 radical (unpaired) electrons. The molecule has 21 heavy (non-hydrogen) atoms. The largest absolute Gasteiger partial charge is 0.293 e. The van der Waals surface area contributed by atoms with Gasteiger partial charge in [-0.1, -0.05) is 29.9 Å². The highest BCUT2D eigenvalue weighted by molar-refractivity contribution is 5.84. The van der Waals surface area contributed by atoms with E-state index in [4.69, 9.17) is 0 Å². The van der Waals surface area contributed by atoms with Crippen LogP contribution in [0.5, 0.6) is 0 Å². The summed E-state index contributed by atoms with van der Waals surface area (Å²) >= 11 is 0. The normalized spacial score (nSPS) is 16.5. The molecule has 0 aliphatic heterocycles. The van der Waals surface area contributed by atoms with Crippen molar-refractivity contribution in [3.8, 4) is 0 Å². The third kappa shape index (κ3) is 3.51. The smallest absolute Gasteiger partial charge is 0.268 e. The lowest BCUT2D eigenvalue weighted by Gasteiger charge is -2.10. The lowest BCUT2D eigenvalue weighted by molar-refractivity contribution is -0.119. The summed E-state index contributed by atoms with van der Waals surface area (Å²) in [4.78, 5) is 21.6. The van der Waals surface area contributed by atoms with Gasteiger partial charge in [-0.3, -0.25) is 4.79 Å². The average molecular weight is 287 g/mol. The lowest BCUT2D eigenvalue weighted by atomic mass is 9.95. The number of hydrogen-bond acceptors (Lipinski definition) is 2. The molecule has 1 atom stereocenters. The topological polar surface area (TPSA) is 46.5 Å². The minimum Gasteiger partial charge on any atom is -0.268 e. The number of carbonyl (C=O) groups excluding carboxylic acids is 1. The zero-order chi connectivity index (χ0) is 15.4. The molecular weight excluding hydrogens is 269 g/mol. The molecule has 0 fully saturated rings. The third-order valence-electron chi connectivity index (χ3n) is 3.81. The Hall–Kier alpha value is -2.10. The van der Waals surface area contributed by atoms with E-state index in [1.807, 2.05) is 19.1 Å². The number of benzene rings is 1. The fourth-order valence-electron chi connectivity index (χ4n) is 2.48. The molecule has 0 bridgehead atoms. The maximum atomic E-state index is 14.3. The van der Waals surface area contributed by atoms with Crippen molar-refractivity contribution < 1.29 is 9.18 Å². The van der Waals surface area contributed by atoms with Crippen LogP contribution in [0.3, 0.4) is 0 Å². The van der Waals surface area contributed by atoms with Gasteiger partial charge in [0.1, 0.15) is 5.82 Å². The van der Waals surface area contributed by atoms with Crippen LogP contribution in [-0.2, 0) is 4.79 Å². The zero-order valence-corrected chi connectivity index (χ0v) is 12.2. The molecule has 110 valence electrons. The monoisotopic (exact) mass is 287 g/mol. The Morgan fingerprint density at radius 2 is 2.14 bits per heavy atom. The second-order valence-corrected chi connectivity index (χ2v) is 5.43. The van der Waals surface area contributed by atoms with Crippen molar-refractivity contribution in [3.05, 3.63) is 57.8 Å². The van der Waals surface area contributed by atoms with Crippen molar-refractivity contribution in [2.45, 2.75) is 39.0 Å². The van der Waals surface area contributed by atoms with E-state index < -0.39 is 11.8 Å². The van der Waals surface area contributed by atoms with Gasteiger partial charge >= 0.3 is 0 Å². The van der Waals surface area contributed by atoms with E-state index in [-0.39, 0.29) is 5.82 Å². The number of carbonyl (C=O) groups is 1. The van der Waals surface area contributed by atoms with Gasteiger partial charge in [-0.2, -0.15) is 0 Å². The highest BCUT2D eigenvalue weighted by Crippen LogP contribution is 2.28. The first-order valence-electron chi connectivity index (χ1n) is 7.07. The number of nitroso groups, excluding NO2 is 1. The fraction of sp³-hybridized carbons (Fsp3) is 0.353. The van der Waals surface area contributed by atoms with Crippen molar-refractivity contribution >= 4 is 11.5 Å². The number of nitrogens with zero attached hydrogens (tertiary/aromatic N) is 1. The molecule has 1 aromatic rings. The maximum Gasteiger partial charge on any atom is 0.293 e. The van der Waals surface area contributed by atoms with Gasteiger partial charge in [-0.05, 0) is 50.3 Å². The van der Waals surface area contributed by atoms with E-state index >= 15 is 0 Å². The molecule has 1 aliphatic rings. The van der Waals surface area contributed by atoms with Crippen LogP contribution in [0.15, 0.2) is 41.1 Å². The van der Waals surface area contributed by atoms with Crippen LogP contribution in [-0.4, -0.2) is 5.91 Å². The van der Waals surface area contributed by atoms with Gasteiger partial charge in [0.05, 0.1) is 5.92 Å². The highest BCUT2D eigenvalue weighted by atomic mass is 19.1. The Kier molecular flexibility index (Phi) is 4.78. The molecule has 2 rings (SSSR count). The van der Waals surface area contributed by atoms with E-state index in [2.05, 4.69) is 5.18 Å². The van der Waals surface area contributed by atoms with E-state index in [1.165, 1.54) is 11.6 Å². The highest BCUT2D eigenvalue weighted by Gasteiger charge is 2.18. The molecule has 0 saturated carbocycles. The van der Waals surface area contributed by atoms with Crippen LogP contribution in [0.4, 0.5) is 4.39 Å². The third-order valence-corrected chi connectivity index (χ3v) is 3.81. The van der Waals surface area contributed by atoms with Crippen LogP contribution >= 0.6 is 0 Å². The first-order chi connectivity index (χ1) is 10.0. The molecule has 0 heterocycles. The minimum atomic E-state index is -0.786. The quantitative estimate of drug-likeness (QED) is 0.754. The molecular formula is C17H18FNO2. The molecule has 0 saturated heterocycles. The molecule has 3 nitrogen and oxygen atoms in total. The summed E-state index contributed by atoms with van der Waals surface area (Å²) in [7, 11) is 0. The number of hydrogen-bond donors (Lipinski definition) is 0. The molecule has 0 aromatic heterocycles. The van der Waals surface area contributed by atoms with E-state index in [1.54, 1.807) is 19.1 Å². The fourth-order valence-corrected chi connectivity index (χ4v) is 2.48. The van der Waals surface area contributed by atoms with Gasteiger partial charge in [0.15, 0.2) is 0 Å². The van der Waals surface area contributed by atoms with Gasteiger partial charge in [0.25, 0.3) is 5.91 Å². The van der Waals surface area contributed by atoms with Crippen LogP contribution in [0, 0.1) is 10.7 Å². The van der Waals surface area contributed by atoms with Crippen LogP contribution in [0.25, 0.3) is 5.57 Å². The van der Waals surface area contributed by atoms with Gasteiger partial charge in [0, 0.05) is 10.7 Å². The van der Waals surface area contributed by atoms with Gasteiger partial charge in [0.2, 0.25) is 0 Å². The zero-order valence-electron chi connectivity index (χ0n) is 12.2. The standard InChI is InChI=1S/C17H18FNO2/c1-11-5-3-4-6-14(9-11)15-8-7-13(10-16(15)18)12(2)17(20)19-21/h6-10,12H,3-5H2,1-2H3. The Morgan fingerprint density at radius 1 is 1.38 bits per heavy atom. The molecule has 1 aliphatic carbocycles. The molecule has 1 aromatic carbocycles. The van der Waals surface area contributed by atoms with E-state index in [0.717, 1.165) is 24.8 Å². The van der Waals surface area contributed by atoms with Gasteiger partial charge in [-0.15, -0.1) is 4.91 Å². The Balaban J connectivity index is 2.35. The summed E-state index contributed by atoms with van der Waals surface area (Å²) in [6.07, 6.45) is 7.06. The summed E-state index contributed by atoms with van der Waals surface area (Å²) in [6.45, 7) is 3.59. The van der Waals surface area contributed by atoms with Gasteiger partial charge < -0.3 is 0 Å². The molecule has 0 N–H and O–H groups in total. The summed E-state index contributed by atoms with van der Waals surface area (Å²) in [5, 5.41) is 2.40. The first kappa shape index (κ1) is 15.3. The Morgan fingerprint density at radius 3 is 2.81 bits per heavy atom. The van der Waals surface area contributed by atoms with Crippen molar-refractivity contribution in [1.29, 1.82) is 0 Å². The molecule has 4 heteroatoms. The summed E-state index contributed by atoms with van der Waals surface area (Å²) < 4.78 is 14.3. The molecule has 0 spiro atoms. The average Bonchev–Trinajstić information content (AvgIpc) is 2.70. The first-order valence-corrected chi connectivity index (χ1v) is 7.07. The van der Waals surface area contributed by atoms with Crippen molar-refractivity contribution in [1.82, 2.24) is 0 Å². The van der Waals surface area contributed by atoms with Crippen molar-refractivity contribution in [2.75, 3.05) is 0 Å². The van der Waals surface area contributed by atoms with Crippen LogP contribution in [0.2, 0.25) is 0 Å². The Bertz CT molecular complexity index is 632. The summed E-state index contributed by atoms with van der Waals surface area (Å²) in [5.41, 5.74) is 3.10. The number of halogens is 1. The number of rotatable bonds is 3. The molecule has 1 amide bonds. The van der Waals surface area contributed by atoms with Crippen LogP contribution in [0.1, 0.15) is 50.2 Å². The van der Waals surface area contributed by atoms with E-state index in [0.29, 0.717) is 11.1 Å². The van der Waals surface area contributed by atoms with Crippen molar-refractivity contribution in [3.63, 3.8) is 0 Å². The van der Waals surface area contributed by atoms with Crippen LogP contribution < -0.4 is 0 Å². The minimum absolute atomic E-state index is 0.379. The molecule has 1 unspecified atom stereocenters. The van der Waals surface area contributed by atoms with Crippen molar-refractivity contribution in [2.24, 2.45) is 5.18 Å². The SMILES string of the molecule is CC1=CC(c2ccc(C(C)C(=O)N=O)cc2F)=CCCC1. The second kappa shape index (κ2) is 6.57. The van der Waals surface area contributed by atoms with E-state index in [9.17, 15) is 14.1 Å². The summed E-state index contributed by atoms with van der Waals surface area (Å²) in [5.74, 6) is -1.88. The lowest BCUT2D eigenvalue weighted by Crippen LogP contribution is -2.06. The predicted octanol–water partition coefficient (Wildman–Crippen LogP) is 4.74. The predicted molar refractivity (Wildman–Crippen MR) is 81.2 cm³/mol. The number of allylic oxidation sites excluding steroid dienone is 4. The maximum absolute atomic E-state index is 14.3. The second-order valence-electron chi connectivity index (χ2n) is 5.43. The van der Waals surface area contributed by atoms with Gasteiger partial charge in [-0.25, -0.2) is 4.39 Å². The Labute approximate surface area is 123 Å². The summed E-state index contributed by atoms with van der Waals surface area (Å²) in [6, 6.07) is 4.67. The number of amides is 1.